The third-order valence-electron chi connectivity index (χ3n) is 3.44. The summed E-state index contributed by atoms with van der Waals surface area (Å²) in [6.45, 7) is 5.36. The molecule has 3 atom stereocenters. The maximum Gasteiger partial charge on any atom is 0.326 e. The minimum atomic E-state index is -0.948. The molecule has 0 spiro atoms. The van der Waals surface area contributed by atoms with Crippen LogP contribution in [-0.4, -0.2) is 36.1 Å². The van der Waals surface area contributed by atoms with Crippen LogP contribution in [0.5, 0.6) is 0 Å². The molecule has 3 N–H and O–H groups in total. The Balaban J connectivity index is 2.53. The number of carbonyl (C=O) groups excluding carboxylic acids is 1. The van der Waals surface area contributed by atoms with Crippen molar-refractivity contribution in [2.45, 2.75) is 39.2 Å². The van der Waals surface area contributed by atoms with E-state index in [4.69, 9.17) is 5.11 Å². The smallest absolute Gasteiger partial charge is 0.326 e. The van der Waals surface area contributed by atoms with E-state index in [1.165, 1.54) is 0 Å². The molecule has 0 saturated carbocycles. The second-order valence-electron chi connectivity index (χ2n) is 4.75. The Bertz CT molecular complexity index is 275. The highest BCUT2D eigenvalue weighted by molar-refractivity contribution is 5.85. The van der Waals surface area contributed by atoms with Crippen molar-refractivity contribution in [3.05, 3.63) is 0 Å². The zero-order valence-corrected chi connectivity index (χ0v) is 10.5. The molecular formula is C12H22N2O3. The number of nitrogens with one attached hydrogen (secondary N) is 2. The van der Waals surface area contributed by atoms with Gasteiger partial charge in [-0.3, -0.25) is 4.79 Å². The SMILES string of the molecule is CC[C@H](C)[C@H](NC(=O)[C@H]1CCCNC1)C(=O)O. The van der Waals surface area contributed by atoms with Crippen molar-refractivity contribution in [1.82, 2.24) is 10.6 Å². The first-order valence-corrected chi connectivity index (χ1v) is 6.30. The average molecular weight is 242 g/mol. The van der Waals surface area contributed by atoms with Crippen LogP contribution >= 0.6 is 0 Å². The Morgan fingerprint density at radius 3 is 2.71 bits per heavy atom. The maximum atomic E-state index is 11.9. The van der Waals surface area contributed by atoms with Crippen LogP contribution in [0.25, 0.3) is 0 Å². The Morgan fingerprint density at radius 2 is 2.24 bits per heavy atom. The predicted molar refractivity (Wildman–Crippen MR) is 64.6 cm³/mol. The highest BCUT2D eigenvalue weighted by atomic mass is 16.4. The molecule has 1 aliphatic rings. The Morgan fingerprint density at radius 1 is 1.53 bits per heavy atom. The fourth-order valence-electron chi connectivity index (χ4n) is 2.03. The molecule has 1 heterocycles. The summed E-state index contributed by atoms with van der Waals surface area (Å²) in [6, 6.07) is -0.769. The van der Waals surface area contributed by atoms with Crippen molar-refractivity contribution in [1.29, 1.82) is 0 Å². The van der Waals surface area contributed by atoms with Gasteiger partial charge in [0.15, 0.2) is 0 Å². The van der Waals surface area contributed by atoms with Crippen molar-refractivity contribution in [3.8, 4) is 0 Å². The van der Waals surface area contributed by atoms with E-state index in [0.717, 1.165) is 25.8 Å². The van der Waals surface area contributed by atoms with E-state index in [0.29, 0.717) is 6.54 Å². The van der Waals surface area contributed by atoms with E-state index in [9.17, 15) is 9.59 Å². The van der Waals surface area contributed by atoms with Crippen molar-refractivity contribution >= 4 is 11.9 Å². The van der Waals surface area contributed by atoms with Gasteiger partial charge in [0.1, 0.15) is 6.04 Å². The van der Waals surface area contributed by atoms with Crippen LogP contribution in [0.15, 0.2) is 0 Å². The van der Waals surface area contributed by atoms with Gasteiger partial charge in [-0.25, -0.2) is 4.79 Å². The summed E-state index contributed by atoms with van der Waals surface area (Å²) in [4.78, 5) is 23.0. The molecule has 98 valence electrons. The molecule has 5 heteroatoms. The molecule has 17 heavy (non-hydrogen) atoms. The first-order chi connectivity index (χ1) is 8.06. The Labute approximate surface area is 102 Å². The summed E-state index contributed by atoms with van der Waals surface area (Å²) >= 11 is 0. The normalized spacial score (nSPS) is 23.8. The van der Waals surface area contributed by atoms with Gasteiger partial charge in [0.25, 0.3) is 0 Å². The predicted octanol–water partition coefficient (Wildman–Crippen LogP) is 0.602. The second-order valence-corrected chi connectivity index (χ2v) is 4.75. The molecule has 0 aliphatic carbocycles. The molecule has 1 fully saturated rings. The lowest BCUT2D eigenvalue weighted by atomic mass is 9.95. The summed E-state index contributed by atoms with van der Waals surface area (Å²) in [5.74, 6) is -1.22. The maximum absolute atomic E-state index is 11.9. The van der Waals surface area contributed by atoms with Gasteiger partial charge < -0.3 is 15.7 Å². The number of hydrogen-bond donors (Lipinski definition) is 3. The number of piperidine rings is 1. The lowest BCUT2D eigenvalue weighted by Crippen LogP contribution is -2.49. The van der Waals surface area contributed by atoms with E-state index in [1.807, 2.05) is 13.8 Å². The molecule has 1 rings (SSSR count). The fraction of sp³-hybridized carbons (Fsp3) is 0.833. The topological polar surface area (TPSA) is 78.4 Å². The number of rotatable bonds is 5. The fourth-order valence-corrected chi connectivity index (χ4v) is 2.03. The second kappa shape index (κ2) is 6.59. The van der Waals surface area contributed by atoms with Gasteiger partial charge in [0.2, 0.25) is 5.91 Å². The molecule has 5 nitrogen and oxygen atoms in total. The molecule has 0 radical (unpaired) electrons. The standard InChI is InChI=1S/C12H22N2O3/c1-3-8(2)10(12(16)17)14-11(15)9-5-4-6-13-7-9/h8-10,13H,3-7H2,1-2H3,(H,14,15)(H,16,17)/t8-,9-,10-/m0/s1. The lowest BCUT2D eigenvalue weighted by molar-refractivity contribution is -0.144. The molecule has 0 unspecified atom stereocenters. The van der Waals surface area contributed by atoms with E-state index in [2.05, 4.69) is 10.6 Å². The van der Waals surface area contributed by atoms with Gasteiger partial charge in [-0.2, -0.15) is 0 Å². The minimum Gasteiger partial charge on any atom is -0.480 e. The summed E-state index contributed by atoms with van der Waals surface area (Å²) in [5, 5.41) is 14.9. The highest BCUT2D eigenvalue weighted by Crippen LogP contribution is 2.13. The van der Waals surface area contributed by atoms with Crippen LogP contribution in [0.2, 0.25) is 0 Å². The average Bonchev–Trinajstić information content (AvgIpc) is 2.35. The quantitative estimate of drug-likeness (QED) is 0.659. The highest BCUT2D eigenvalue weighted by Gasteiger charge is 2.29. The molecular weight excluding hydrogens is 220 g/mol. The third kappa shape index (κ3) is 4.00. The van der Waals surface area contributed by atoms with Crippen LogP contribution in [-0.2, 0) is 9.59 Å². The zero-order chi connectivity index (χ0) is 12.8. The number of amides is 1. The third-order valence-corrected chi connectivity index (χ3v) is 3.44. The molecule has 1 amide bonds. The summed E-state index contributed by atoms with van der Waals surface area (Å²) in [5.41, 5.74) is 0. The first-order valence-electron chi connectivity index (χ1n) is 6.30. The first kappa shape index (κ1) is 14.0. The van der Waals surface area contributed by atoms with Crippen molar-refractivity contribution < 1.29 is 14.7 Å². The van der Waals surface area contributed by atoms with Crippen LogP contribution < -0.4 is 10.6 Å². The molecule has 0 aromatic rings. The summed E-state index contributed by atoms with van der Waals surface area (Å²) in [7, 11) is 0. The van der Waals surface area contributed by atoms with Crippen molar-refractivity contribution in [2.75, 3.05) is 13.1 Å². The Kier molecular flexibility index (Phi) is 5.41. The van der Waals surface area contributed by atoms with E-state index >= 15 is 0 Å². The molecule has 1 aliphatic heterocycles. The van der Waals surface area contributed by atoms with Crippen LogP contribution in [0.1, 0.15) is 33.1 Å². The van der Waals surface area contributed by atoms with Gasteiger partial charge in [0.05, 0.1) is 5.92 Å². The number of carbonyl (C=O) groups is 2. The van der Waals surface area contributed by atoms with Gasteiger partial charge >= 0.3 is 5.97 Å². The molecule has 1 saturated heterocycles. The number of hydrogen-bond acceptors (Lipinski definition) is 3. The molecule has 0 aromatic heterocycles. The van der Waals surface area contributed by atoms with E-state index < -0.39 is 12.0 Å². The Hall–Kier alpha value is -1.10. The molecule has 0 bridgehead atoms. The van der Waals surface area contributed by atoms with Gasteiger partial charge in [0, 0.05) is 6.54 Å². The number of carboxylic acid groups (broad SMARTS) is 1. The van der Waals surface area contributed by atoms with E-state index in [-0.39, 0.29) is 17.7 Å². The summed E-state index contributed by atoms with van der Waals surface area (Å²) in [6.07, 6.45) is 2.55. The van der Waals surface area contributed by atoms with Crippen LogP contribution in [0, 0.1) is 11.8 Å². The van der Waals surface area contributed by atoms with Crippen molar-refractivity contribution in [3.63, 3.8) is 0 Å². The minimum absolute atomic E-state index is 0.0481. The van der Waals surface area contributed by atoms with Crippen molar-refractivity contribution in [2.24, 2.45) is 11.8 Å². The van der Waals surface area contributed by atoms with Gasteiger partial charge in [-0.1, -0.05) is 20.3 Å². The lowest BCUT2D eigenvalue weighted by Gasteiger charge is -2.26. The number of aliphatic carboxylic acids is 1. The monoisotopic (exact) mass is 242 g/mol. The zero-order valence-electron chi connectivity index (χ0n) is 10.5. The van der Waals surface area contributed by atoms with Crippen LogP contribution in [0.4, 0.5) is 0 Å². The van der Waals surface area contributed by atoms with Crippen LogP contribution in [0.3, 0.4) is 0 Å². The largest absolute Gasteiger partial charge is 0.480 e. The van der Waals surface area contributed by atoms with Gasteiger partial charge in [-0.15, -0.1) is 0 Å². The summed E-state index contributed by atoms with van der Waals surface area (Å²) < 4.78 is 0. The molecule has 0 aromatic carbocycles. The van der Waals surface area contributed by atoms with E-state index in [1.54, 1.807) is 0 Å². The number of carboxylic acids is 1. The van der Waals surface area contributed by atoms with Gasteiger partial charge in [-0.05, 0) is 25.3 Å².